The van der Waals surface area contributed by atoms with Crippen LogP contribution in [0.1, 0.15) is 25.5 Å². The maximum absolute atomic E-state index is 13.4. The molecule has 2 nitrogen and oxygen atoms in total. The maximum atomic E-state index is 13.4. The van der Waals surface area contributed by atoms with E-state index in [4.69, 9.17) is 17.3 Å². The summed E-state index contributed by atoms with van der Waals surface area (Å²) < 4.78 is 13.4. The molecule has 4 heteroatoms. The highest BCUT2D eigenvalue weighted by atomic mass is 35.5. The van der Waals surface area contributed by atoms with Gasteiger partial charge in [-0.15, -0.1) is 0 Å². The van der Waals surface area contributed by atoms with Crippen molar-refractivity contribution in [1.82, 2.24) is 0 Å². The van der Waals surface area contributed by atoms with Gasteiger partial charge in [0.1, 0.15) is 5.82 Å². The quantitative estimate of drug-likeness (QED) is 0.840. The number of hydrogen-bond acceptors (Lipinski definition) is 2. The molecule has 0 saturated carbocycles. The number of rotatable bonds is 3. The van der Waals surface area contributed by atoms with E-state index in [0.29, 0.717) is 5.02 Å². The van der Waals surface area contributed by atoms with Crippen molar-refractivity contribution in [1.29, 1.82) is 0 Å². The smallest absolute Gasteiger partial charge is 0.128 e. The molecule has 0 radical (unpaired) electrons. The van der Waals surface area contributed by atoms with E-state index >= 15 is 0 Å². The van der Waals surface area contributed by atoms with E-state index in [1.54, 1.807) is 0 Å². The Morgan fingerprint density at radius 1 is 1.40 bits per heavy atom. The van der Waals surface area contributed by atoms with Crippen LogP contribution in [0.2, 0.25) is 5.02 Å². The second kappa shape index (κ2) is 4.92. The highest BCUT2D eigenvalue weighted by molar-refractivity contribution is 6.30. The lowest BCUT2D eigenvalue weighted by molar-refractivity contribution is 0.0966. The number of aliphatic hydroxyl groups is 1. The average molecular weight is 232 g/mol. The topological polar surface area (TPSA) is 46.2 Å². The van der Waals surface area contributed by atoms with E-state index in [1.807, 2.05) is 13.8 Å². The second-order valence-corrected chi connectivity index (χ2v) is 4.36. The summed E-state index contributed by atoms with van der Waals surface area (Å²) in [5, 5.41) is 10.1. The fourth-order valence-corrected chi connectivity index (χ4v) is 1.55. The lowest BCUT2D eigenvalue weighted by atomic mass is 9.94. The predicted octanol–water partition coefficient (Wildman–Crippen LogP) is 2.50. The maximum Gasteiger partial charge on any atom is 0.128 e. The molecule has 2 atom stereocenters. The van der Waals surface area contributed by atoms with Gasteiger partial charge in [0.25, 0.3) is 0 Å². The van der Waals surface area contributed by atoms with Crippen molar-refractivity contribution in [3.05, 3.63) is 34.6 Å². The van der Waals surface area contributed by atoms with Gasteiger partial charge in [0.05, 0.1) is 12.1 Å². The Morgan fingerprint density at radius 3 is 2.53 bits per heavy atom. The number of hydrogen-bond donors (Lipinski definition) is 2. The molecular weight excluding hydrogens is 217 g/mol. The minimum absolute atomic E-state index is 0.0293. The van der Waals surface area contributed by atoms with Crippen LogP contribution in [0.4, 0.5) is 4.39 Å². The van der Waals surface area contributed by atoms with Crippen molar-refractivity contribution in [2.45, 2.75) is 26.0 Å². The molecule has 0 bridgehead atoms. The minimum atomic E-state index is -0.780. The third-order valence-corrected chi connectivity index (χ3v) is 2.60. The van der Waals surface area contributed by atoms with Gasteiger partial charge in [0, 0.05) is 10.6 Å². The first-order chi connectivity index (χ1) is 6.93. The van der Waals surface area contributed by atoms with Crippen LogP contribution in [0, 0.1) is 11.7 Å². The van der Waals surface area contributed by atoms with E-state index in [9.17, 15) is 9.50 Å². The Morgan fingerprint density at radius 2 is 2.00 bits per heavy atom. The molecule has 0 aromatic heterocycles. The van der Waals surface area contributed by atoms with Crippen molar-refractivity contribution in [3.63, 3.8) is 0 Å². The summed E-state index contributed by atoms with van der Waals surface area (Å²) >= 11 is 5.74. The third kappa shape index (κ3) is 2.91. The SMILES string of the molecule is CC(C)[C@@H](O)[C@@H](N)c1cc(Cl)ccc1F. The fourth-order valence-electron chi connectivity index (χ4n) is 1.37. The molecule has 0 heterocycles. The van der Waals surface area contributed by atoms with Gasteiger partial charge in [-0.05, 0) is 24.1 Å². The Labute approximate surface area is 93.9 Å². The van der Waals surface area contributed by atoms with Crippen LogP contribution in [0.15, 0.2) is 18.2 Å². The molecule has 1 rings (SSSR count). The van der Waals surface area contributed by atoms with Crippen LogP contribution in [-0.2, 0) is 0 Å². The molecule has 15 heavy (non-hydrogen) atoms. The van der Waals surface area contributed by atoms with Gasteiger partial charge in [-0.2, -0.15) is 0 Å². The van der Waals surface area contributed by atoms with E-state index in [-0.39, 0.29) is 11.5 Å². The minimum Gasteiger partial charge on any atom is -0.391 e. The summed E-state index contributed by atoms with van der Waals surface area (Å²) in [4.78, 5) is 0. The van der Waals surface area contributed by atoms with E-state index in [1.165, 1.54) is 18.2 Å². The van der Waals surface area contributed by atoms with Gasteiger partial charge in [-0.25, -0.2) is 4.39 Å². The molecule has 0 spiro atoms. The first-order valence-electron chi connectivity index (χ1n) is 4.82. The molecule has 1 aromatic rings. The van der Waals surface area contributed by atoms with Gasteiger partial charge < -0.3 is 10.8 Å². The van der Waals surface area contributed by atoms with Crippen LogP contribution in [0.3, 0.4) is 0 Å². The number of halogens is 2. The molecule has 0 aliphatic heterocycles. The lowest BCUT2D eigenvalue weighted by Gasteiger charge is -2.22. The molecule has 0 aliphatic carbocycles. The monoisotopic (exact) mass is 231 g/mol. The summed E-state index contributed by atoms with van der Waals surface area (Å²) in [6.45, 7) is 3.65. The molecule has 3 N–H and O–H groups in total. The van der Waals surface area contributed by atoms with Crippen LogP contribution in [-0.4, -0.2) is 11.2 Å². The van der Waals surface area contributed by atoms with Crippen molar-refractivity contribution >= 4 is 11.6 Å². The Hall–Kier alpha value is -0.640. The largest absolute Gasteiger partial charge is 0.391 e. The number of aliphatic hydroxyl groups excluding tert-OH is 1. The van der Waals surface area contributed by atoms with Crippen molar-refractivity contribution in [2.24, 2.45) is 11.7 Å². The lowest BCUT2D eigenvalue weighted by Crippen LogP contribution is -2.31. The van der Waals surface area contributed by atoms with E-state index < -0.39 is 18.0 Å². The van der Waals surface area contributed by atoms with Crippen LogP contribution in [0.25, 0.3) is 0 Å². The highest BCUT2D eigenvalue weighted by Gasteiger charge is 2.22. The first kappa shape index (κ1) is 12.4. The van der Waals surface area contributed by atoms with Gasteiger partial charge >= 0.3 is 0 Å². The number of nitrogens with two attached hydrogens (primary N) is 1. The van der Waals surface area contributed by atoms with E-state index in [2.05, 4.69) is 0 Å². The summed E-state index contributed by atoms with van der Waals surface area (Å²) in [5.74, 6) is -0.468. The van der Waals surface area contributed by atoms with Crippen molar-refractivity contribution in [3.8, 4) is 0 Å². The Balaban J connectivity index is 2.99. The Bertz CT molecular complexity index is 343. The number of benzene rings is 1. The van der Waals surface area contributed by atoms with Crippen molar-refractivity contribution in [2.75, 3.05) is 0 Å². The molecule has 1 aromatic carbocycles. The summed E-state index contributed by atoms with van der Waals surface area (Å²) in [5.41, 5.74) is 6.01. The van der Waals surface area contributed by atoms with Crippen LogP contribution < -0.4 is 5.73 Å². The van der Waals surface area contributed by atoms with Gasteiger partial charge in [-0.3, -0.25) is 0 Å². The molecule has 0 fully saturated rings. The molecular formula is C11H15ClFNO. The second-order valence-electron chi connectivity index (χ2n) is 3.93. The molecule has 0 amide bonds. The first-order valence-corrected chi connectivity index (χ1v) is 5.20. The summed E-state index contributed by atoms with van der Waals surface area (Å²) in [6, 6.07) is 3.41. The molecule has 0 saturated heterocycles. The normalized spacial score (nSPS) is 15.4. The van der Waals surface area contributed by atoms with Crippen molar-refractivity contribution < 1.29 is 9.50 Å². The zero-order chi connectivity index (χ0) is 11.6. The predicted molar refractivity (Wildman–Crippen MR) is 59.2 cm³/mol. The van der Waals surface area contributed by atoms with Gasteiger partial charge in [0.15, 0.2) is 0 Å². The van der Waals surface area contributed by atoms with Crippen LogP contribution >= 0.6 is 11.6 Å². The van der Waals surface area contributed by atoms with E-state index in [0.717, 1.165) is 0 Å². The standard InChI is InChI=1S/C11H15ClFNO/c1-6(2)11(15)10(14)8-5-7(12)3-4-9(8)13/h3-6,10-11,15H,14H2,1-2H3/t10-,11+/m0/s1. The van der Waals surface area contributed by atoms with Crippen LogP contribution in [0.5, 0.6) is 0 Å². The summed E-state index contributed by atoms with van der Waals surface area (Å²) in [7, 11) is 0. The third-order valence-electron chi connectivity index (χ3n) is 2.37. The fraction of sp³-hybridized carbons (Fsp3) is 0.455. The van der Waals surface area contributed by atoms with Gasteiger partial charge in [0.2, 0.25) is 0 Å². The zero-order valence-corrected chi connectivity index (χ0v) is 9.50. The Kier molecular flexibility index (Phi) is 4.08. The summed E-state index contributed by atoms with van der Waals surface area (Å²) in [6.07, 6.45) is -0.780. The molecule has 0 unspecified atom stereocenters. The molecule has 84 valence electrons. The highest BCUT2D eigenvalue weighted by Crippen LogP contribution is 2.24. The zero-order valence-electron chi connectivity index (χ0n) is 8.74. The average Bonchev–Trinajstić information content (AvgIpc) is 2.19. The van der Waals surface area contributed by atoms with Gasteiger partial charge in [-0.1, -0.05) is 25.4 Å². The molecule has 0 aliphatic rings.